The number of rotatable bonds is 4. The lowest BCUT2D eigenvalue weighted by Crippen LogP contribution is -2.05. The summed E-state index contributed by atoms with van der Waals surface area (Å²) < 4.78 is 5.05. The van der Waals surface area contributed by atoms with Crippen molar-refractivity contribution < 1.29 is 9.84 Å². The van der Waals surface area contributed by atoms with Gasteiger partial charge >= 0.3 is 0 Å². The van der Waals surface area contributed by atoms with Gasteiger partial charge in [0.05, 0.1) is 7.11 Å². The van der Waals surface area contributed by atoms with E-state index in [1.54, 1.807) is 13.2 Å². The Labute approximate surface area is 98.3 Å². The molecule has 0 fully saturated rings. The van der Waals surface area contributed by atoms with Crippen LogP contribution in [0.25, 0.3) is 0 Å². The maximum Gasteiger partial charge on any atom is 0.122 e. The van der Waals surface area contributed by atoms with E-state index in [0.29, 0.717) is 16.9 Å². The zero-order valence-electron chi connectivity index (χ0n) is 10.7. The quantitative estimate of drug-likeness (QED) is 0.840. The molecule has 0 spiro atoms. The lowest BCUT2D eigenvalue weighted by molar-refractivity contribution is 0.363. The molecule has 1 aromatic carbocycles. The van der Waals surface area contributed by atoms with E-state index in [-0.39, 0.29) is 0 Å². The zero-order valence-corrected chi connectivity index (χ0v) is 10.7. The second-order valence-electron chi connectivity index (χ2n) is 5.41. The number of aromatic hydroxyl groups is 1. The van der Waals surface area contributed by atoms with Gasteiger partial charge in [-0.1, -0.05) is 26.8 Å². The molecule has 1 N–H and O–H groups in total. The first kappa shape index (κ1) is 12.9. The summed E-state index contributed by atoms with van der Waals surface area (Å²) in [5.74, 6) is 1.05. The summed E-state index contributed by atoms with van der Waals surface area (Å²) in [4.78, 5) is 0. The van der Waals surface area contributed by atoms with Crippen LogP contribution in [0.4, 0.5) is 0 Å². The standard InChI is InChI=1S/C14H22O2/c1-14(2,3)9-5-6-11-7-8-12(16-4)10-13(11)15/h7-8,10,15H,5-6,9H2,1-4H3. The predicted molar refractivity (Wildman–Crippen MR) is 67.1 cm³/mol. The topological polar surface area (TPSA) is 29.5 Å². The van der Waals surface area contributed by atoms with Crippen molar-refractivity contribution in [3.8, 4) is 11.5 Å². The first-order valence-electron chi connectivity index (χ1n) is 5.78. The molecule has 0 bridgehead atoms. The highest BCUT2D eigenvalue weighted by Gasteiger charge is 2.10. The summed E-state index contributed by atoms with van der Waals surface area (Å²) in [6, 6.07) is 5.51. The third-order valence-corrected chi connectivity index (χ3v) is 2.67. The van der Waals surface area contributed by atoms with Gasteiger partial charge in [0, 0.05) is 6.07 Å². The molecule has 0 aliphatic heterocycles. The van der Waals surface area contributed by atoms with Crippen molar-refractivity contribution in [1.82, 2.24) is 0 Å². The van der Waals surface area contributed by atoms with Gasteiger partial charge in [0.15, 0.2) is 0 Å². The van der Waals surface area contributed by atoms with Crippen LogP contribution >= 0.6 is 0 Å². The average Bonchev–Trinajstić information content (AvgIpc) is 2.18. The lowest BCUT2D eigenvalue weighted by atomic mass is 9.89. The summed E-state index contributed by atoms with van der Waals surface area (Å²) in [6.07, 6.45) is 3.19. The third-order valence-electron chi connectivity index (χ3n) is 2.67. The highest BCUT2D eigenvalue weighted by molar-refractivity contribution is 5.39. The number of hydrogen-bond donors (Lipinski definition) is 1. The Kier molecular flexibility index (Phi) is 4.22. The number of benzene rings is 1. The van der Waals surface area contributed by atoms with Gasteiger partial charge in [-0.05, 0) is 36.3 Å². The Bertz CT molecular complexity index is 337. The number of ether oxygens (including phenoxy) is 1. The maximum atomic E-state index is 9.77. The van der Waals surface area contributed by atoms with Crippen molar-refractivity contribution in [2.75, 3.05) is 7.11 Å². The van der Waals surface area contributed by atoms with Gasteiger partial charge < -0.3 is 9.84 Å². The van der Waals surface area contributed by atoms with Crippen molar-refractivity contribution in [3.63, 3.8) is 0 Å². The summed E-state index contributed by atoms with van der Waals surface area (Å²) in [5.41, 5.74) is 1.37. The Morgan fingerprint density at radius 3 is 2.44 bits per heavy atom. The molecule has 0 radical (unpaired) electrons. The SMILES string of the molecule is COc1ccc(CCCC(C)(C)C)c(O)c1. The van der Waals surface area contributed by atoms with Crippen LogP contribution in [-0.2, 0) is 6.42 Å². The van der Waals surface area contributed by atoms with Crippen LogP contribution in [-0.4, -0.2) is 12.2 Å². The highest BCUT2D eigenvalue weighted by Crippen LogP contribution is 2.27. The number of methoxy groups -OCH3 is 1. The maximum absolute atomic E-state index is 9.77. The first-order valence-corrected chi connectivity index (χ1v) is 5.78. The van der Waals surface area contributed by atoms with Gasteiger partial charge in [0.25, 0.3) is 0 Å². The van der Waals surface area contributed by atoms with Gasteiger partial charge in [0.2, 0.25) is 0 Å². The summed E-state index contributed by atoms with van der Waals surface area (Å²) in [6.45, 7) is 6.71. The molecule has 1 rings (SSSR count). The Balaban J connectivity index is 2.55. The molecule has 16 heavy (non-hydrogen) atoms. The van der Waals surface area contributed by atoms with Gasteiger partial charge in [0.1, 0.15) is 11.5 Å². The largest absolute Gasteiger partial charge is 0.508 e. The Morgan fingerprint density at radius 1 is 1.25 bits per heavy atom. The minimum Gasteiger partial charge on any atom is -0.508 e. The zero-order chi connectivity index (χ0) is 12.2. The molecular weight excluding hydrogens is 200 g/mol. The molecule has 0 amide bonds. The number of hydrogen-bond acceptors (Lipinski definition) is 2. The van der Waals surface area contributed by atoms with Crippen molar-refractivity contribution in [1.29, 1.82) is 0 Å². The average molecular weight is 222 g/mol. The van der Waals surface area contributed by atoms with E-state index in [9.17, 15) is 5.11 Å². The molecule has 2 heteroatoms. The van der Waals surface area contributed by atoms with E-state index in [1.807, 2.05) is 12.1 Å². The van der Waals surface area contributed by atoms with E-state index in [2.05, 4.69) is 20.8 Å². The fraction of sp³-hybridized carbons (Fsp3) is 0.571. The summed E-state index contributed by atoms with van der Waals surface area (Å²) in [5, 5.41) is 9.77. The molecule has 1 aromatic rings. The number of phenolic OH excluding ortho intramolecular Hbond substituents is 1. The van der Waals surface area contributed by atoms with Crippen LogP contribution in [0.1, 0.15) is 39.2 Å². The minimum absolute atomic E-state index is 0.341. The van der Waals surface area contributed by atoms with E-state index in [1.165, 1.54) is 6.42 Å². The molecule has 0 saturated heterocycles. The third kappa shape index (κ3) is 4.13. The smallest absolute Gasteiger partial charge is 0.122 e. The van der Waals surface area contributed by atoms with Crippen LogP contribution in [0, 0.1) is 5.41 Å². The van der Waals surface area contributed by atoms with Crippen LogP contribution in [0.2, 0.25) is 0 Å². The van der Waals surface area contributed by atoms with Crippen molar-refractivity contribution in [3.05, 3.63) is 23.8 Å². The van der Waals surface area contributed by atoms with E-state index < -0.39 is 0 Å². The fourth-order valence-electron chi connectivity index (χ4n) is 1.69. The van der Waals surface area contributed by atoms with Crippen LogP contribution in [0.15, 0.2) is 18.2 Å². The van der Waals surface area contributed by atoms with Crippen LogP contribution < -0.4 is 4.74 Å². The Hall–Kier alpha value is -1.18. The summed E-state index contributed by atoms with van der Waals surface area (Å²) >= 11 is 0. The van der Waals surface area contributed by atoms with Gasteiger partial charge in [-0.2, -0.15) is 0 Å². The molecular formula is C14H22O2. The highest BCUT2D eigenvalue weighted by atomic mass is 16.5. The number of phenols is 1. The monoisotopic (exact) mass is 222 g/mol. The molecule has 0 aliphatic rings. The molecule has 0 saturated carbocycles. The van der Waals surface area contributed by atoms with E-state index >= 15 is 0 Å². The van der Waals surface area contributed by atoms with Crippen molar-refractivity contribution >= 4 is 0 Å². The van der Waals surface area contributed by atoms with Gasteiger partial charge in [-0.25, -0.2) is 0 Å². The van der Waals surface area contributed by atoms with E-state index in [4.69, 9.17) is 4.74 Å². The molecule has 0 aromatic heterocycles. The molecule has 0 unspecified atom stereocenters. The number of aryl methyl sites for hydroxylation is 1. The van der Waals surface area contributed by atoms with E-state index in [0.717, 1.165) is 18.4 Å². The van der Waals surface area contributed by atoms with Gasteiger partial charge in [-0.15, -0.1) is 0 Å². The predicted octanol–water partition coefficient (Wildman–Crippen LogP) is 3.77. The first-order chi connectivity index (χ1) is 7.42. The van der Waals surface area contributed by atoms with Crippen molar-refractivity contribution in [2.45, 2.75) is 40.0 Å². The fourth-order valence-corrected chi connectivity index (χ4v) is 1.69. The summed E-state index contributed by atoms with van der Waals surface area (Å²) in [7, 11) is 1.61. The minimum atomic E-state index is 0.341. The molecule has 0 heterocycles. The van der Waals surface area contributed by atoms with Crippen molar-refractivity contribution in [2.24, 2.45) is 5.41 Å². The normalized spacial score (nSPS) is 11.5. The molecule has 90 valence electrons. The van der Waals surface area contributed by atoms with Crippen LogP contribution in [0.3, 0.4) is 0 Å². The lowest BCUT2D eigenvalue weighted by Gasteiger charge is -2.17. The molecule has 0 atom stereocenters. The van der Waals surface area contributed by atoms with Crippen LogP contribution in [0.5, 0.6) is 11.5 Å². The van der Waals surface area contributed by atoms with Gasteiger partial charge in [-0.3, -0.25) is 0 Å². The molecule has 0 aliphatic carbocycles. The second kappa shape index (κ2) is 5.24. The molecule has 2 nitrogen and oxygen atoms in total. The Morgan fingerprint density at radius 2 is 1.94 bits per heavy atom. The second-order valence-corrected chi connectivity index (χ2v) is 5.41.